The first-order valence-corrected chi connectivity index (χ1v) is 14.3. The number of allylic oxidation sites excluding steroid dienone is 1. The van der Waals surface area contributed by atoms with E-state index in [1.807, 2.05) is 37.3 Å². The topological polar surface area (TPSA) is 84.9 Å². The maximum Gasteiger partial charge on any atom is 0.294 e. The Kier molecular flexibility index (Phi) is 10.1. The number of imide groups is 1. The average molecular weight is 642 g/mol. The van der Waals surface area contributed by atoms with E-state index in [1.165, 1.54) is 0 Å². The molecule has 0 spiro atoms. The number of hydrogen-bond acceptors (Lipinski definition) is 6. The lowest BCUT2D eigenvalue weighted by Crippen LogP contribution is -2.36. The van der Waals surface area contributed by atoms with Crippen molar-refractivity contribution in [3.05, 3.63) is 104 Å². The van der Waals surface area contributed by atoms with Crippen LogP contribution in [0.3, 0.4) is 0 Å². The number of benzene rings is 3. The van der Waals surface area contributed by atoms with Gasteiger partial charge in [-0.2, -0.15) is 0 Å². The molecule has 0 saturated carbocycles. The third kappa shape index (κ3) is 7.56. The minimum atomic E-state index is -0.546. The number of carbonyl (C=O) groups is 3. The fraction of sp³-hybridized carbons (Fsp3) is 0.167. The van der Waals surface area contributed by atoms with Crippen LogP contribution in [0.1, 0.15) is 23.6 Å². The van der Waals surface area contributed by atoms with Gasteiger partial charge in [0.2, 0.25) is 5.91 Å². The monoisotopic (exact) mass is 640 g/mol. The predicted octanol–water partition coefficient (Wildman–Crippen LogP) is 7.48. The molecule has 3 aromatic carbocycles. The summed E-state index contributed by atoms with van der Waals surface area (Å²) in [6.45, 7) is 6.06. The van der Waals surface area contributed by atoms with Gasteiger partial charge in [0.1, 0.15) is 13.2 Å². The molecule has 1 fully saturated rings. The van der Waals surface area contributed by atoms with Crippen LogP contribution < -0.4 is 14.8 Å². The van der Waals surface area contributed by atoms with E-state index in [0.29, 0.717) is 47.4 Å². The molecular formula is C30H26BrClN2O5S. The molecule has 1 N–H and O–H groups in total. The highest BCUT2D eigenvalue weighted by atomic mass is 79.9. The zero-order valence-corrected chi connectivity index (χ0v) is 24.8. The van der Waals surface area contributed by atoms with Gasteiger partial charge >= 0.3 is 0 Å². The lowest BCUT2D eigenvalue weighted by Gasteiger charge is -2.17. The van der Waals surface area contributed by atoms with Crippen LogP contribution in [0.2, 0.25) is 5.02 Å². The van der Waals surface area contributed by atoms with Gasteiger partial charge < -0.3 is 14.8 Å². The van der Waals surface area contributed by atoms with Gasteiger partial charge in [-0.25, -0.2) is 0 Å². The van der Waals surface area contributed by atoms with Crippen molar-refractivity contribution in [2.75, 3.05) is 18.5 Å². The summed E-state index contributed by atoms with van der Waals surface area (Å²) in [5.74, 6) is 0.0537. The first kappa shape index (κ1) is 29.5. The summed E-state index contributed by atoms with van der Waals surface area (Å²) < 4.78 is 13.1. The summed E-state index contributed by atoms with van der Waals surface area (Å²) >= 11 is 10.2. The molecule has 4 rings (SSSR count). The Hall–Kier alpha value is -3.53. The summed E-state index contributed by atoms with van der Waals surface area (Å²) in [5, 5.41) is 2.58. The van der Waals surface area contributed by atoms with Crippen LogP contribution >= 0.6 is 39.3 Å². The number of ether oxygens (including phenoxy) is 2. The molecule has 1 aliphatic heterocycles. The molecule has 0 unspecified atom stereocenters. The van der Waals surface area contributed by atoms with Crippen LogP contribution in [0.5, 0.6) is 11.5 Å². The van der Waals surface area contributed by atoms with Crippen LogP contribution in [0, 0.1) is 0 Å². The van der Waals surface area contributed by atoms with E-state index in [4.69, 9.17) is 21.1 Å². The number of carbonyl (C=O) groups excluding carboxylic acids is 3. The molecule has 206 valence electrons. The number of thioether (sulfide) groups is 1. The predicted molar refractivity (Wildman–Crippen MR) is 163 cm³/mol. The van der Waals surface area contributed by atoms with Gasteiger partial charge in [0, 0.05) is 20.7 Å². The van der Waals surface area contributed by atoms with Crippen LogP contribution in [-0.4, -0.2) is 35.1 Å². The molecule has 3 amide bonds. The van der Waals surface area contributed by atoms with Crippen molar-refractivity contribution in [1.29, 1.82) is 0 Å². The summed E-state index contributed by atoms with van der Waals surface area (Å²) in [6, 6.07) is 18.1. The van der Waals surface area contributed by atoms with Crippen LogP contribution in [0.15, 0.2) is 82.7 Å². The lowest BCUT2D eigenvalue weighted by molar-refractivity contribution is -0.127. The van der Waals surface area contributed by atoms with Gasteiger partial charge in [0.05, 0.1) is 11.5 Å². The Morgan fingerprint density at radius 3 is 2.60 bits per heavy atom. The molecule has 1 aliphatic rings. The number of nitrogens with zero attached hydrogens (tertiary/aromatic N) is 1. The molecule has 1 saturated heterocycles. The minimum absolute atomic E-state index is 0.205. The van der Waals surface area contributed by atoms with Crippen molar-refractivity contribution < 1.29 is 23.9 Å². The second kappa shape index (κ2) is 13.7. The average Bonchev–Trinajstić information content (AvgIpc) is 3.16. The molecule has 0 aliphatic carbocycles. The Bertz CT molecular complexity index is 1480. The fourth-order valence-corrected chi connectivity index (χ4v) is 5.23. The number of rotatable bonds is 11. The Morgan fingerprint density at radius 1 is 1.12 bits per heavy atom. The fourth-order valence-electron chi connectivity index (χ4n) is 3.93. The third-order valence-electron chi connectivity index (χ3n) is 5.70. The first-order valence-electron chi connectivity index (χ1n) is 12.4. The van der Waals surface area contributed by atoms with Crippen LogP contribution in [0.25, 0.3) is 6.08 Å². The molecule has 0 radical (unpaired) electrons. The number of anilines is 1. The lowest BCUT2D eigenvalue weighted by atomic mass is 10.0. The van der Waals surface area contributed by atoms with Crippen molar-refractivity contribution in [3.63, 3.8) is 0 Å². The molecule has 7 nitrogen and oxygen atoms in total. The highest BCUT2D eigenvalue weighted by Gasteiger charge is 2.36. The van der Waals surface area contributed by atoms with Crippen LogP contribution in [-0.2, 0) is 22.6 Å². The molecule has 3 aromatic rings. The Morgan fingerprint density at radius 2 is 1.90 bits per heavy atom. The summed E-state index contributed by atoms with van der Waals surface area (Å²) in [7, 11) is 0. The van der Waals surface area contributed by atoms with Gasteiger partial charge in [-0.05, 0) is 84.8 Å². The number of amides is 3. The quantitative estimate of drug-likeness (QED) is 0.173. The van der Waals surface area contributed by atoms with Crippen molar-refractivity contribution in [2.24, 2.45) is 0 Å². The zero-order chi connectivity index (χ0) is 28.6. The van der Waals surface area contributed by atoms with E-state index >= 15 is 0 Å². The van der Waals surface area contributed by atoms with E-state index in [9.17, 15) is 14.4 Å². The number of halogens is 2. The van der Waals surface area contributed by atoms with Crippen LogP contribution in [0.4, 0.5) is 10.5 Å². The van der Waals surface area contributed by atoms with Gasteiger partial charge in [-0.15, -0.1) is 6.58 Å². The Balaban J connectivity index is 1.54. The largest absolute Gasteiger partial charge is 0.490 e. The van der Waals surface area contributed by atoms with Crippen molar-refractivity contribution in [1.82, 2.24) is 4.90 Å². The standard InChI is InChI=1S/C30H26BrClN2O5S/c1-3-6-21-13-20(14-25(38-4-2)28(21)39-18-19-9-11-22(31)12-10-19)15-26-29(36)34(30(37)40-26)17-27(35)33-24-8-5-7-23(32)16-24/h3,5,7-16H,1,4,6,17-18H2,2H3,(H,33,35)/b26-15-. The maximum absolute atomic E-state index is 13.1. The van der Waals surface area contributed by atoms with Gasteiger partial charge in [0.25, 0.3) is 11.1 Å². The van der Waals surface area contributed by atoms with E-state index in [2.05, 4.69) is 27.8 Å². The SMILES string of the molecule is C=CCc1cc(/C=C2\SC(=O)N(CC(=O)Nc3cccc(Cl)c3)C2=O)cc(OCC)c1OCc1ccc(Br)cc1. The van der Waals surface area contributed by atoms with E-state index in [-0.39, 0.29) is 4.91 Å². The molecule has 0 atom stereocenters. The van der Waals surface area contributed by atoms with E-state index in [0.717, 1.165) is 32.3 Å². The van der Waals surface area contributed by atoms with Gasteiger partial charge in [-0.1, -0.05) is 51.8 Å². The molecule has 40 heavy (non-hydrogen) atoms. The highest BCUT2D eigenvalue weighted by Crippen LogP contribution is 2.38. The molecular weight excluding hydrogens is 616 g/mol. The second-order valence-electron chi connectivity index (χ2n) is 8.67. The van der Waals surface area contributed by atoms with Gasteiger partial charge in [0.15, 0.2) is 11.5 Å². The zero-order valence-electron chi connectivity index (χ0n) is 21.6. The number of hydrogen-bond donors (Lipinski definition) is 1. The normalized spacial score (nSPS) is 14.0. The molecule has 0 aromatic heterocycles. The second-order valence-corrected chi connectivity index (χ2v) is 11.0. The van der Waals surface area contributed by atoms with Crippen molar-refractivity contribution >= 4 is 68.1 Å². The van der Waals surface area contributed by atoms with Crippen molar-refractivity contribution in [2.45, 2.75) is 20.0 Å². The molecule has 0 bridgehead atoms. The van der Waals surface area contributed by atoms with E-state index in [1.54, 1.807) is 42.5 Å². The van der Waals surface area contributed by atoms with Gasteiger partial charge in [-0.3, -0.25) is 19.3 Å². The Labute approximate surface area is 250 Å². The molecule has 10 heteroatoms. The first-order chi connectivity index (χ1) is 19.3. The minimum Gasteiger partial charge on any atom is -0.490 e. The summed E-state index contributed by atoms with van der Waals surface area (Å²) in [6.07, 6.45) is 3.88. The molecule has 1 heterocycles. The highest BCUT2D eigenvalue weighted by molar-refractivity contribution is 9.10. The maximum atomic E-state index is 13.1. The van der Waals surface area contributed by atoms with E-state index < -0.39 is 23.6 Å². The number of nitrogens with one attached hydrogen (secondary N) is 1. The third-order valence-corrected chi connectivity index (χ3v) is 7.37. The van der Waals surface area contributed by atoms with Crippen molar-refractivity contribution in [3.8, 4) is 11.5 Å². The summed E-state index contributed by atoms with van der Waals surface area (Å²) in [5.41, 5.74) is 2.95. The smallest absolute Gasteiger partial charge is 0.294 e. The summed E-state index contributed by atoms with van der Waals surface area (Å²) in [4.78, 5) is 39.3.